The first-order valence-corrected chi connectivity index (χ1v) is 14.2. The third-order valence-electron chi connectivity index (χ3n) is 7.72. The predicted octanol–water partition coefficient (Wildman–Crippen LogP) is 4.94. The standard InChI is InChI=1S/C34H37N3O6/c1-42-32-18-26(13-15-29(32)38)21-36-28(17-24-9-5-3-6-10-24)31(40)23-35(20-25-11-7-4-8-12-25)37(34(36)41)22-27-14-16-30(39)33(19-27)43-2/h3-16,18-19,28,31,38-40H,17,20-23H2,1-2H3. The molecule has 1 fully saturated rings. The molecule has 1 aliphatic heterocycles. The monoisotopic (exact) mass is 583 g/mol. The van der Waals surface area contributed by atoms with Gasteiger partial charge >= 0.3 is 6.03 Å². The van der Waals surface area contributed by atoms with E-state index in [9.17, 15) is 20.1 Å². The molecule has 2 unspecified atom stereocenters. The van der Waals surface area contributed by atoms with Gasteiger partial charge in [-0.15, -0.1) is 0 Å². The smallest absolute Gasteiger partial charge is 0.335 e. The van der Waals surface area contributed by atoms with Gasteiger partial charge in [-0.25, -0.2) is 9.80 Å². The van der Waals surface area contributed by atoms with Crippen LogP contribution in [0.15, 0.2) is 97.1 Å². The minimum Gasteiger partial charge on any atom is -0.504 e. The Morgan fingerprint density at radius 2 is 1.23 bits per heavy atom. The van der Waals surface area contributed by atoms with Crippen LogP contribution in [-0.2, 0) is 26.1 Å². The Balaban J connectivity index is 1.57. The summed E-state index contributed by atoms with van der Waals surface area (Å²) in [5, 5.41) is 35.7. The molecule has 4 aromatic carbocycles. The van der Waals surface area contributed by atoms with E-state index in [0.29, 0.717) is 24.5 Å². The van der Waals surface area contributed by atoms with Crippen LogP contribution in [0, 0.1) is 0 Å². The van der Waals surface area contributed by atoms with Gasteiger partial charge in [-0.2, -0.15) is 0 Å². The Labute approximate surface area is 251 Å². The number of aromatic hydroxyl groups is 2. The van der Waals surface area contributed by atoms with Crippen LogP contribution in [0.1, 0.15) is 22.3 Å². The molecule has 0 saturated carbocycles. The molecule has 0 spiro atoms. The number of carbonyl (C=O) groups is 1. The van der Waals surface area contributed by atoms with Gasteiger partial charge in [0.25, 0.3) is 0 Å². The number of hydrogen-bond acceptors (Lipinski definition) is 7. The highest BCUT2D eigenvalue weighted by Gasteiger charge is 2.40. The molecule has 4 aromatic rings. The van der Waals surface area contributed by atoms with Crippen molar-refractivity contribution in [3.63, 3.8) is 0 Å². The minimum atomic E-state index is -0.883. The average molecular weight is 584 g/mol. The van der Waals surface area contributed by atoms with Gasteiger partial charge in [0.2, 0.25) is 0 Å². The molecule has 0 aromatic heterocycles. The van der Waals surface area contributed by atoms with Crippen molar-refractivity contribution in [1.82, 2.24) is 14.9 Å². The summed E-state index contributed by atoms with van der Waals surface area (Å²) >= 11 is 0. The first-order chi connectivity index (χ1) is 20.9. The summed E-state index contributed by atoms with van der Waals surface area (Å²) in [5.41, 5.74) is 3.49. The summed E-state index contributed by atoms with van der Waals surface area (Å²) in [5.74, 6) is 0.630. The van der Waals surface area contributed by atoms with E-state index < -0.39 is 12.1 Å². The van der Waals surface area contributed by atoms with Crippen molar-refractivity contribution >= 4 is 6.03 Å². The number of phenols is 2. The van der Waals surface area contributed by atoms with Gasteiger partial charge in [-0.1, -0.05) is 72.8 Å². The molecule has 5 rings (SSSR count). The summed E-state index contributed by atoms with van der Waals surface area (Å²) < 4.78 is 10.7. The van der Waals surface area contributed by atoms with Crippen LogP contribution >= 0.6 is 0 Å². The maximum atomic E-state index is 14.7. The number of ether oxygens (including phenoxy) is 2. The highest BCUT2D eigenvalue weighted by atomic mass is 16.5. The van der Waals surface area contributed by atoms with Gasteiger partial charge in [0.1, 0.15) is 0 Å². The molecule has 43 heavy (non-hydrogen) atoms. The number of aliphatic hydroxyl groups excluding tert-OH is 1. The number of amides is 2. The fourth-order valence-electron chi connectivity index (χ4n) is 5.46. The number of carbonyl (C=O) groups excluding carboxylic acids is 1. The number of methoxy groups -OCH3 is 2. The first kappa shape index (κ1) is 29.8. The van der Waals surface area contributed by atoms with E-state index >= 15 is 0 Å². The van der Waals surface area contributed by atoms with Crippen LogP contribution in [0.3, 0.4) is 0 Å². The predicted molar refractivity (Wildman–Crippen MR) is 163 cm³/mol. The Morgan fingerprint density at radius 1 is 0.698 bits per heavy atom. The maximum absolute atomic E-state index is 14.7. The number of hydrazine groups is 1. The molecule has 0 aliphatic carbocycles. The van der Waals surface area contributed by atoms with Crippen LogP contribution in [0.25, 0.3) is 0 Å². The fourth-order valence-corrected chi connectivity index (χ4v) is 5.46. The Kier molecular flexibility index (Phi) is 9.34. The molecule has 2 atom stereocenters. The second-order valence-electron chi connectivity index (χ2n) is 10.6. The molecule has 9 nitrogen and oxygen atoms in total. The van der Waals surface area contributed by atoms with Gasteiger partial charge in [-0.05, 0) is 52.9 Å². The molecule has 2 amide bonds. The molecular formula is C34H37N3O6. The maximum Gasteiger partial charge on any atom is 0.335 e. The molecule has 1 saturated heterocycles. The third-order valence-corrected chi connectivity index (χ3v) is 7.72. The van der Waals surface area contributed by atoms with Crippen molar-refractivity contribution in [3.8, 4) is 23.0 Å². The van der Waals surface area contributed by atoms with E-state index in [1.165, 1.54) is 14.2 Å². The van der Waals surface area contributed by atoms with E-state index in [0.717, 1.165) is 22.3 Å². The van der Waals surface area contributed by atoms with Gasteiger partial charge in [-0.3, -0.25) is 5.01 Å². The summed E-state index contributed by atoms with van der Waals surface area (Å²) in [6.45, 7) is 0.974. The molecule has 1 aliphatic rings. The van der Waals surface area contributed by atoms with Crippen molar-refractivity contribution < 1.29 is 29.6 Å². The van der Waals surface area contributed by atoms with E-state index in [2.05, 4.69) is 0 Å². The zero-order valence-electron chi connectivity index (χ0n) is 24.3. The number of nitrogens with zero attached hydrogens (tertiary/aromatic N) is 3. The lowest BCUT2D eigenvalue weighted by Crippen LogP contribution is -2.51. The molecular weight excluding hydrogens is 546 g/mol. The summed E-state index contributed by atoms with van der Waals surface area (Å²) in [7, 11) is 2.96. The van der Waals surface area contributed by atoms with Crippen LogP contribution in [0.4, 0.5) is 4.79 Å². The fraction of sp³-hybridized carbons (Fsp3) is 0.265. The van der Waals surface area contributed by atoms with Crippen LogP contribution < -0.4 is 9.47 Å². The number of benzene rings is 4. The molecule has 0 radical (unpaired) electrons. The average Bonchev–Trinajstić information content (AvgIpc) is 3.10. The molecule has 1 heterocycles. The number of rotatable bonds is 10. The lowest BCUT2D eigenvalue weighted by molar-refractivity contribution is -0.0213. The molecule has 0 bridgehead atoms. The van der Waals surface area contributed by atoms with Crippen LogP contribution in [-0.4, -0.2) is 69.2 Å². The van der Waals surface area contributed by atoms with Gasteiger partial charge < -0.3 is 29.7 Å². The largest absolute Gasteiger partial charge is 0.504 e. The topological polar surface area (TPSA) is 106 Å². The van der Waals surface area contributed by atoms with Crippen molar-refractivity contribution in [1.29, 1.82) is 0 Å². The SMILES string of the molecule is COc1cc(CN2C(=O)N(Cc3ccc(O)c(OC)c3)N(Cc3ccccc3)CC(O)C2Cc2ccccc2)ccc1O. The first-order valence-electron chi connectivity index (χ1n) is 14.2. The van der Waals surface area contributed by atoms with Gasteiger partial charge in [0, 0.05) is 19.6 Å². The zero-order valence-corrected chi connectivity index (χ0v) is 24.3. The normalized spacial score (nSPS) is 17.5. The number of β-amino-alcohol motifs (C(OH)–C–C–N with tert-alkyl or cyclic N) is 1. The molecule has 9 heteroatoms. The number of aliphatic hydroxyl groups is 1. The highest BCUT2D eigenvalue weighted by Crippen LogP contribution is 2.31. The molecule has 224 valence electrons. The quantitative estimate of drug-likeness (QED) is 0.243. The second-order valence-corrected chi connectivity index (χ2v) is 10.6. The van der Waals surface area contributed by atoms with Crippen LogP contribution in [0.2, 0.25) is 0 Å². The zero-order chi connectivity index (χ0) is 30.3. The number of hydrogen-bond donors (Lipinski definition) is 3. The highest BCUT2D eigenvalue weighted by molar-refractivity contribution is 5.75. The summed E-state index contributed by atoms with van der Waals surface area (Å²) in [6, 6.07) is 28.8. The molecule has 3 N–H and O–H groups in total. The van der Waals surface area contributed by atoms with Crippen molar-refractivity contribution in [2.75, 3.05) is 20.8 Å². The third kappa shape index (κ3) is 7.02. The van der Waals surface area contributed by atoms with E-state index in [1.807, 2.05) is 65.7 Å². The van der Waals surface area contributed by atoms with Gasteiger partial charge in [0.05, 0.1) is 32.9 Å². The van der Waals surface area contributed by atoms with Crippen molar-refractivity contribution in [2.24, 2.45) is 0 Å². The van der Waals surface area contributed by atoms with Gasteiger partial charge in [0.15, 0.2) is 23.0 Å². The van der Waals surface area contributed by atoms with E-state index in [1.54, 1.807) is 46.3 Å². The van der Waals surface area contributed by atoms with E-state index in [4.69, 9.17) is 9.47 Å². The summed E-state index contributed by atoms with van der Waals surface area (Å²) in [6.07, 6.45) is -0.436. The Morgan fingerprint density at radius 3 is 1.79 bits per heavy atom. The summed E-state index contributed by atoms with van der Waals surface area (Å²) in [4.78, 5) is 16.4. The Hall–Kier alpha value is -4.73. The van der Waals surface area contributed by atoms with Crippen LogP contribution in [0.5, 0.6) is 23.0 Å². The second kappa shape index (κ2) is 13.5. The van der Waals surface area contributed by atoms with Crippen molar-refractivity contribution in [2.45, 2.75) is 38.2 Å². The van der Waals surface area contributed by atoms with Crippen molar-refractivity contribution in [3.05, 3.63) is 119 Å². The number of urea groups is 1. The Bertz CT molecular complexity index is 1520. The number of phenolic OH excluding ortho intramolecular Hbond substituents is 2. The lowest BCUT2D eigenvalue weighted by atomic mass is 9.99. The van der Waals surface area contributed by atoms with E-state index in [-0.39, 0.29) is 37.2 Å². The lowest BCUT2D eigenvalue weighted by Gasteiger charge is -2.36. The minimum absolute atomic E-state index is 0.00579.